The third-order valence-corrected chi connectivity index (χ3v) is 4.96. The second kappa shape index (κ2) is 8.15. The Morgan fingerprint density at radius 1 is 1.07 bits per heavy atom. The molecule has 2 aromatic rings. The van der Waals surface area contributed by atoms with E-state index < -0.39 is 0 Å². The average molecular weight is 395 g/mol. The first kappa shape index (κ1) is 20.1. The molecule has 28 heavy (non-hydrogen) atoms. The highest BCUT2D eigenvalue weighted by Gasteiger charge is 2.33. The summed E-state index contributed by atoms with van der Waals surface area (Å²) >= 11 is 5.44. The molecule has 0 saturated carbocycles. The number of thiocarbonyl (C=S) groups is 1. The molecule has 1 aliphatic rings. The lowest BCUT2D eigenvalue weighted by Crippen LogP contribution is -2.45. The van der Waals surface area contributed by atoms with Gasteiger partial charge in [0.15, 0.2) is 5.11 Å². The van der Waals surface area contributed by atoms with E-state index in [9.17, 15) is 4.79 Å². The largest absolute Gasteiger partial charge is 0.463 e. The van der Waals surface area contributed by atoms with Crippen molar-refractivity contribution in [3.05, 3.63) is 76.9 Å². The molecule has 2 N–H and O–H groups in total. The maximum atomic E-state index is 12.9. The summed E-state index contributed by atoms with van der Waals surface area (Å²) in [7, 11) is 0. The lowest BCUT2D eigenvalue weighted by atomic mass is 9.85. The first-order valence-corrected chi connectivity index (χ1v) is 9.86. The summed E-state index contributed by atoms with van der Waals surface area (Å²) in [6.07, 6.45) is 0. The van der Waals surface area contributed by atoms with Crippen LogP contribution in [0, 0.1) is 0 Å². The quantitative estimate of drug-likeness (QED) is 0.592. The highest BCUT2D eigenvalue weighted by molar-refractivity contribution is 7.80. The van der Waals surface area contributed by atoms with Crippen LogP contribution in [0.4, 0.5) is 0 Å². The maximum Gasteiger partial charge on any atom is 0.338 e. The van der Waals surface area contributed by atoms with Gasteiger partial charge >= 0.3 is 5.97 Å². The van der Waals surface area contributed by atoms with Crippen LogP contribution in [0.3, 0.4) is 0 Å². The molecular formula is C23H26N2O2S. The molecular weight excluding hydrogens is 368 g/mol. The molecule has 3 rings (SSSR count). The summed E-state index contributed by atoms with van der Waals surface area (Å²) in [5, 5.41) is 6.88. The topological polar surface area (TPSA) is 50.4 Å². The fourth-order valence-electron chi connectivity index (χ4n) is 3.25. The number of carbonyl (C=O) groups excluding carboxylic acids is 1. The Morgan fingerprint density at radius 3 is 2.29 bits per heavy atom. The van der Waals surface area contributed by atoms with E-state index in [0.717, 1.165) is 11.1 Å². The number of rotatable bonds is 4. The summed E-state index contributed by atoms with van der Waals surface area (Å²) in [5.41, 5.74) is 4.37. The molecule has 0 saturated heterocycles. The van der Waals surface area contributed by atoms with Gasteiger partial charge in [0.2, 0.25) is 0 Å². The number of hydrogen-bond donors (Lipinski definition) is 2. The van der Waals surface area contributed by atoms with Gasteiger partial charge in [0.1, 0.15) is 0 Å². The Hall–Kier alpha value is -2.66. The highest BCUT2D eigenvalue weighted by Crippen LogP contribution is 2.33. The van der Waals surface area contributed by atoms with Crippen molar-refractivity contribution in [2.24, 2.45) is 0 Å². The monoisotopic (exact) mass is 394 g/mol. The van der Waals surface area contributed by atoms with Gasteiger partial charge in [0.25, 0.3) is 0 Å². The average Bonchev–Trinajstić information content (AvgIpc) is 2.67. The Kier molecular flexibility index (Phi) is 5.84. The molecule has 0 spiro atoms. The number of nitrogens with one attached hydrogen (secondary N) is 2. The molecule has 0 aliphatic carbocycles. The standard InChI is InChI=1S/C23H26N2O2S/c1-5-27-21(26)18-19(15-9-7-6-8-10-15)24-22(28)25-20(18)16-11-13-17(14-12-16)23(2,3)4/h6-14,20H,5H2,1-4H3,(H2,24,25,28)/t20-/m1/s1. The first-order valence-electron chi connectivity index (χ1n) is 9.46. The molecule has 0 aromatic heterocycles. The zero-order chi connectivity index (χ0) is 20.3. The Balaban J connectivity index is 2.12. The molecule has 2 aromatic carbocycles. The number of benzene rings is 2. The molecule has 1 heterocycles. The van der Waals surface area contributed by atoms with Crippen LogP contribution in [0.2, 0.25) is 0 Å². The molecule has 0 radical (unpaired) electrons. The second-order valence-electron chi connectivity index (χ2n) is 7.78. The summed E-state index contributed by atoms with van der Waals surface area (Å²) in [6.45, 7) is 8.65. The first-order chi connectivity index (χ1) is 13.3. The van der Waals surface area contributed by atoms with Crippen molar-refractivity contribution in [3.8, 4) is 0 Å². The van der Waals surface area contributed by atoms with Crippen molar-refractivity contribution in [2.45, 2.75) is 39.2 Å². The molecule has 0 fully saturated rings. The minimum Gasteiger partial charge on any atom is -0.463 e. The lowest BCUT2D eigenvalue weighted by molar-refractivity contribution is -0.138. The van der Waals surface area contributed by atoms with Crippen molar-refractivity contribution >= 4 is 29.0 Å². The van der Waals surface area contributed by atoms with E-state index in [-0.39, 0.29) is 17.4 Å². The van der Waals surface area contributed by atoms with Crippen LogP contribution in [0.25, 0.3) is 5.70 Å². The predicted molar refractivity (Wildman–Crippen MR) is 117 cm³/mol. The molecule has 0 bridgehead atoms. The molecule has 1 aliphatic heterocycles. The third kappa shape index (κ3) is 4.25. The Labute approximate surface area is 172 Å². The smallest absolute Gasteiger partial charge is 0.338 e. The predicted octanol–water partition coefficient (Wildman–Crippen LogP) is 4.48. The summed E-state index contributed by atoms with van der Waals surface area (Å²) in [4.78, 5) is 12.9. The van der Waals surface area contributed by atoms with Gasteiger partial charge in [-0.1, -0.05) is 75.4 Å². The zero-order valence-corrected chi connectivity index (χ0v) is 17.5. The summed E-state index contributed by atoms with van der Waals surface area (Å²) in [6, 6.07) is 17.6. The molecule has 4 nitrogen and oxygen atoms in total. The van der Waals surface area contributed by atoms with Crippen molar-refractivity contribution in [1.29, 1.82) is 0 Å². The number of carbonyl (C=O) groups is 1. The van der Waals surface area contributed by atoms with Gasteiger partial charge in [0.05, 0.1) is 23.9 Å². The second-order valence-corrected chi connectivity index (χ2v) is 8.19. The van der Waals surface area contributed by atoms with Crippen LogP contribution < -0.4 is 10.6 Å². The van der Waals surface area contributed by atoms with Crippen LogP contribution in [-0.2, 0) is 14.9 Å². The van der Waals surface area contributed by atoms with E-state index in [1.165, 1.54) is 5.56 Å². The van der Waals surface area contributed by atoms with Crippen molar-refractivity contribution in [3.63, 3.8) is 0 Å². The van der Waals surface area contributed by atoms with Gasteiger partial charge in [-0.05, 0) is 41.2 Å². The van der Waals surface area contributed by atoms with Crippen molar-refractivity contribution in [2.75, 3.05) is 6.61 Å². The van der Waals surface area contributed by atoms with Gasteiger partial charge in [-0.25, -0.2) is 4.79 Å². The van der Waals surface area contributed by atoms with Gasteiger partial charge in [-0.15, -0.1) is 0 Å². The molecule has 0 amide bonds. The van der Waals surface area contributed by atoms with Crippen LogP contribution in [-0.4, -0.2) is 17.7 Å². The highest BCUT2D eigenvalue weighted by atomic mass is 32.1. The van der Waals surface area contributed by atoms with E-state index in [4.69, 9.17) is 17.0 Å². The Morgan fingerprint density at radius 2 is 1.71 bits per heavy atom. The van der Waals surface area contributed by atoms with Crippen LogP contribution in [0.1, 0.15) is 50.4 Å². The maximum absolute atomic E-state index is 12.9. The minimum atomic E-state index is -0.378. The van der Waals surface area contributed by atoms with Crippen LogP contribution in [0.15, 0.2) is 60.2 Å². The minimum absolute atomic E-state index is 0.0599. The Bertz CT molecular complexity index is 896. The molecule has 5 heteroatoms. The van der Waals surface area contributed by atoms with E-state index >= 15 is 0 Å². The normalized spacial score (nSPS) is 17.0. The molecule has 0 unspecified atom stereocenters. The van der Waals surface area contributed by atoms with E-state index in [0.29, 0.717) is 23.0 Å². The number of esters is 1. The van der Waals surface area contributed by atoms with E-state index in [2.05, 4.69) is 43.5 Å². The summed E-state index contributed by atoms with van der Waals surface area (Å²) in [5.74, 6) is -0.353. The molecule has 146 valence electrons. The third-order valence-electron chi connectivity index (χ3n) is 4.74. The zero-order valence-electron chi connectivity index (χ0n) is 16.7. The van der Waals surface area contributed by atoms with Gasteiger partial charge in [-0.3, -0.25) is 0 Å². The van der Waals surface area contributed by atoms with Gasteiger partial charge < -0.3 is 15.4 Å². The fraction of sp³-hybridized carbons (Fsp3) is 0.304. The van der Waals surface area contributed by atoms with Gasteiger partial charge in [0, 0.05) is 0 Å². The van der Waals surface area contributed by atoms with Crippen molar-refractivity contribution < 1.29 is 9.53 Å². The van der Waals surface area contributed by atoms with E-state index in [1.807, 2.05) is 49.4 Å². The van der Waals surface area contributed by atoms with Gasteiger partial charge in [-0.2, -0.15) is 0 Å². The van der Waals surface area contributed by atoms with Crippen LogP contribution >= 0.6 is 12.2 Å². The van der Waals surface area contributed by atoms with E-state index in [1.54, 1.807) is 0 Å². The fourth-order valence-corrected chi connectivity index (χ4v) is 3.47. The number of ether oxygens (including phenoxy) is 1. The lowest BCUT2D eigenvalue weighted by Gasteiger charge is -2.31. The number of hydrogen-bond acceptors (Lipinski definition) is 3. The molecule has 1 atom stereocenters. The SMILES string of the molecule is CCOC(=O)C1=C(c2ccccc2)NC(=S)N[C@@H]1c1ccc(C(C)(C)C)cc1. The van der Waals surface area contributed by atoms with Crippen LogP contribution in [0.5, 0.6) is 0 Å². The van der Waals surface area contributed by atoms with Crippen molar-refractivity contribution in [1.82, 2.24) is 10.6 Å². The summed E-state index contributed by atoms with van der Waals surface area (Å²) < 4.78 is 5.38.